The molecule has 4 aromatic rings. The van der Waals surface area contributed by atoms with E-state index in [1.807, 2.05) is 78.2 Å². The van der Waals surface area contributed by atoms with Crippen LogP contribution >= 0.6 is 11.3 Å². The average Bonchev–Trinajstić information content (AvgIpc) is 3.39. The molecule has 0 saturated heterocycles. The lowest BCUT2D eigenvalue weighted by Crippen LogP contribution is -2.33. The van der Waals surface area contributed by atoms with Gasteiger partial charge in [0.05, 0.1) is 10.9 Å². The lowest BCUT2D eigenvalue weighted by atomic mass is 9.99. The summed E-state index contributed by atoms with van der Waals surface area (Å²) in [4.78, 5) is 13.4. The third-order valence-corrected chi connectivity index (χ3v) is 4.78. The molecule has 0 fully saturated rings. The second-order valence-electron chi connectivity index (χ2n) is 5.74. The van der Waals surface area contributed by atoms with Crippen LogP contribution in [0.1, 0.15) is 17.2 Å². The minimum absolute atomic E-state index is 0.0516. The molecule has 0 saturated carbocycles. The van der Waals surface area contributed by atoms with Crippen LogP contribution in [0.25, 0.3) is 10.8 Å². The zero-order valence-electron chi connectivity index (χ0n) is 14.2. The van der Waals surface area contributed by atoms with E-state index in [0.29, 0.717) is 5.89 Å². The summed E-state index contributed by atoms with van der Waals surface area (Å²) < 4.78 is 5.51. The lowest BCUT2D eigenvalue weighted by molar-refractivity contribution is 0.249. The summed E-state index contributed by atoms with van der Waals surface area (Å²) in [7, 11) is 0. The number of benzene rings is 2. The number of amides is 2. The van der Waals surface area contributed by atoms with E-state index >= 15 is 0 Å². The minimum atomic E-state index is -0.422. The van der Waals surface area contributed by atoms with Crippen molar-refractivity contribution in [3.05, 3.63) is 89.3 Å². The monoisotopic (exact) mass is 376 g/mol. The maximum atomic E-state index is 12.5. The van der Waals surface area contributed by atoms with Crippen molar-refractivity contribution >= 4 is 23.4 Å². The number of urea groups is 1. The van der Waals surface area contributed by atoms with Crippen molar-refractivity contribution in [3.63, 3.8) is 0 Å². The van der Waals surface area contributed by atoms with Crippen molar-refractivity contribution in [1.82, 2.24) is 15.5 Å². The van der Waals surface area contributed by atoms with Gasteiger partial charge in [-0.3, -0.25) is 5.32 Å². The molecule has 0 atom stereocenters. The van der Waals surface area contributed by atoms with Gasteiger partial charge in [0.1, 0.15) is 0 Å². The largest absolute Gasteiger partial charge is 0.402 e. The van der Waals surface area contributed by atoms with Gasteiger partial charge in [-0.15, -0.1) is 16.4 Å². The van der Waals surface area contributed by atoms with E-state index in [1.54, 1.807) is 0 Å². The van der Waals surface area contributed by atoms with E-state index in [2.05, 4.69) is 20.8 Å². The second-order valence-corrected chi connectivity index (χ2v) is 6.69. The molecular weight excluding hydrogens is 360 g/mol. The summed E-state index contributed by atoms with van der Waals surface area (Å²) in [5, 5.41) is 15.3. The van der Waals surface area contributed by atoms with Crippen molar-refractivity contribution in [2.45, 2.75) is 6.04 Å². The smallest absolute Gasteiger partial charge is 0.324 e. The first kappa shape index (κ1) is 17.0. The molecule has 2 heterocycles. The van der Waals surface area contributed by atoms with Crippen molar-refractivity contribution in [2.24, 2.45) is 0 Å². The van der Waals surface area contributed by atoms with Crippen LogP contribution in [-0.4, -0.2) is 16.2 Å². The number of hydrogen-bond acceptors (Lipinski definition) is 5. The number of anilines is 1. The highest BCUT2D eigenvalue weighted by Gasteiger charge is 2.18. The first-order valence-corrected chi connectivity index (χ1v) is 9.22. The van der Waals surface area contributed by atoms with Crippen LogP contribution in [0.15, 0.2) is 82.6 Å². The summed E-state index contributed by atoms with van der Waals surface area (Å²) >= 11 is 1.49. The number of aromatic nitrogens is 2. The molecule has 0 aliphatic heterocycles. The van der Waals surface area contributed by atoms with E-state index in [-0.39, 0.29) is 12.1 Å². The Bertz CT molecular complexity index is 961. The van der Waals surface area contributed by atoms with Gasteiger partial charge in [-0.05, 0) is 22.6 Å². The third-order valence-electron chi connectivity index (χ3n) is 3.92. The minimum Gasteiger partial charge on any atom is -0.402 e. The molecule has 2 aromatic heterocycles. The quantitative estimate of drug-likeness (QED) is 0.529. The van der Waals surface area contributed by atoms with Gasteiger partial charge in [-0.25, -0.2) is 4.79 Å². The molecule has 0 unspecified atom stereocenters. The highest BCUT2D eigenvalue weighted by molar-refractivity contribution is 7.13. The van der Waals surface area contributed by atoms with Crippen LogP contribution in [0, 0.1) is 0 Å². The summed E-state index contributed by atoms with van der Waals surface area (Å²) in [5.74, 6) is 0.378. The predicted octanol–water partition coefficient (Wildman–Crippen LogP) is 4.71. The van der Waals surface area contributed by atoms with E-state index in [4.69, 9.17) is 4.42 Å². The van der Waals surface area contributed by atoms with Crippen LogP contribution < -0.4 is 10.6 Å². The topological polar surface area (TPSA) is 80.1 Å². The molecule has 2 amide bonds. The SMILES string of the molecule is O=C(Nc1nnc(-c2cccs2)o1)NC(c1ccccc1)c1ccccc1. The molecular formula is C20H16N4O2S. The van der Waals surface area contributed by atoms with Gasteiger partial charge in [0.25, 0.3) is 5.89 Å². The van der Waals surface area contributed by atoms with Crippen molar-refractivity contribution < 1.29 is 9.21 Å². The number of hydrogen-bond donors (Lipinski definition) is 2. The van der Waals surface area contributed by atoms with Gasteiger partial charge in [-0.2, -0.15) is 0 Å². The van der Waals surface area contributed by atoms with E-state index in [9.17, 15) is 4.79 Å². The molecule has 0 spiro atoms. The fraction of sp³-hybridized carbons (Fsp3) is 0.0500. The van der Waals surface area contributed by atoms with Crippen molar-refractivity contribution in [1.29, 1.82) is 0 Å². The Morgan fingerprint density at radius 2 is 1.56 bits per heavy atom. The fourth-order valence-corrected chi connectivity index (χ4v) is 3.33. The maximum absolute atomic E-state index is 12.5. The Labute approximate surface area is 159 Å². The Hall–Kier alpha value is -3.45. The zero-order valence-corrected chi connectivity index (χ0v) is 15.0. The van der Waals surface area contributed by atoms with Gasteiger partial charge in [0.15, 0.2) is 0 Å². The first-order chi connectivity index (χ1) is 13.3. The summed E-state index contributed by atoms with van der Waals surface area (Å²) in [6, 6.07) is 22.6. The summed E-state index contributed by atoms with van der Waals surface area (Å²) in [6.45, 7) is 0. The predicted molar refractivity (Wildman–Crippen MR) is 104 cm³/mol. The van der Waals surface area contributed by atoms with Gasteiger partial charge in [-0.1, -0.05) is 71.8 Å². The molecule has 0 radical (unpaired) electrons. The van der Waals surface area contributed by atoms with E-state index in [0.717, 1.165) is 16.0 Å². The second kappa shape index (κ2) is 7.84. The van der Waals surface area contributed by atoms with Gasteiger partial charge < -0.3 is 9.73 Å². The van der Waals surface area contributed by atoms with Gasteiger partial charge >= 0.3 is 12.0 Å². The number of rotatable bonds is 5. The molecule has 0 aliphatic rings. The van der Waals surface area contributed by atoms with Crippen molar-refractivity contribution in [2.75, 3.05) is 5.32 Å². The van der Waals surface area contributed by atoms with Crippen LogP contribution in [0.3, 0.4) is 0 Å². The fourth-order valence-electron chi connectivity index (χ4n) is 2.69. The number of carbonyl (C=O) groups excluding carboxylic acids is 1. The molecule has 134 valence electrons. The summed E-state index contributed by atoms with van der Waals surface area (Å²) in [5.41, 5.74) is 1.95. The highest BCUT2D eigenvalue weighted by atomic mass is 32.1. The molecule has 2 aromatic carbocycles. The van der Waals surface area contributed by atoms with E-state index in [1.165, 1.54) is 11.3 Å². The molecule has 27 heavy (non-hydrogen) atoms. The molecule has 2 N–H and O–H groups in total. The summed E-state index contributed by atoms with van der Waals surface area (Å²) in [6.07, 6.45) is 0. The zero-order chi connectivity index (χ0) is 18.5. The third kappa shape index (κ3) is 4.04. The molecule has 0 bridgehead atoms. The number of nitrogens with zero attached hydrogens (tertiary/aromatic N) is 2. The lowest BCUT2D eigenvalue weighted by Gasteiger charge is -2.19. The van der Waals surface area contributed by atoms with Crippen LogP contribution in [0.2, 0.25) is 0 Å². The normalized spacial score (nSPS) is 10.7. The molecule has 6 nitrogen and oxygen atoms in total. The molecule has 4 rings (SSSR count). The Morgan fingerprint density at radius 1 is 0.889 bits per heavy atom. The van der Waals surface area contributed by atoms with E-state index < -0.39 is 6.03 Å². The Morgan fingerprint density at radius 3 is 2.15 bits per heavy atom. The van der Waals surface area contributed by atoms with Crippen LogP contribution in [-0.2, 0) is 0 Å². The average molecular weight is 376 g/mol. The number of carbonyl (C=O) groups is 1. The van der Waals surface area contributed by atoms with Crippen LogP contribution in [0.4, 0.5) is 10.8 Å². The Balaban J connectivity index is 1.51. The highest BCUT2D eigenvalue weighted by Crippen LogP contribution is 2.25. The number of thiophene rings is 1. The van der Waals surface area contributed by atoms with Crippen molar-refractivity contribution in [3.8, 4) is 10.8 Å². The first-order valence-electron chi connectivity index (χ1n) is 8.34. The molecule has 7 heteroatoms. The molecule has 0 aliphatic carbocycles. The number of nitrogens with one attached hydrogen (secondary N) is 2. The van der Waals surface area contributed by atoms with Gasteiger partial charge in [0, 0.05) is 0 Å². The van der Waals surface area contributed by atoms with Gasteiger partial charge in [0.2, 0.25) is 0 Å². The standard InChI is InChI=1S/C20H16N4O2S/c25-19(22-20-24-23-18(26-20)16-12-7-13-27-16)21-17(14-8-3-1-4-9-14)15-10-5-2-6-11-15/h1-13,17H,(H2,21,22,24,25). The Kier molecular flexibility index (Phi) is 4.93. The van der Waals surface area contributed by atoms with Crippen LogP contribution in [0.5, 0.6) is 0 Å². The maximum Gasteiger partial charge on any atom is 0.324 e.